The predicted octanol–water partition coefficient (Wildman–Crippen LogP) is 4.02. The lowest BCUT2D eigenvalue weighted by Gasteiger charge is -2.08. The Morgan fingerprint density at radius 3 is 2.75 bits per heavy atom. The molecule has 0 spiro atoms. The van der Waals surface area contributed by atoms with E-state index in [-0.39, 0.29) is 17.1 Å². The van der Waals surface area contributed by atoms with Crippen molar-refractivity contribution in [2.45, 2.75) is 6.92 Å². The second-order valence-corrected chi connectivity index (χ2v) is 5.90. The Morgan fingerprint density at radius 2 is 2.12 bits per heavy atom. The number of phenolic OH excluding ortho intramolecular Hbond substituents is 1. The molecule has 1 amide bonds. The number of rotatable bonds is 4. The number of aryl methyl sites for hydroxylation is 1. The Balaban J connectivity index is 2.31. The summed E-state index contributed by atoms with van der Waals surface area (Å²) in [5.41, 5.74) is 2.11. The number of nitriles is 1. The zero-order valence-corrected chi connectivity index (χ0v) is 14.7. The fraction of sp³-hybridized carbons (Fsp3) is 0.111. The Bertz CT molecular complexity index is 854. The number of phenols is 1. The number of aromatic hydroxyl groups is 1. The first-order chi connectivity index (χ1) is 11.4. The van der Waals surface area contributed by atoms with Gasteiger partial charge in [0, 0.05) is 5.69 Å². The maximum atomic E-state index is 12.3. The lowest BCUT2D eigenvalue weighted by molar-refractivity contribution is -0.112. The van der Waals surface area contributed by atoms with Gasteiger partial charge in [0.2, 0.25) is 0 Å². The monoisotopic (exact) mass is 386 g/mol. The van der Waals surface area contributed by atoms with Crippen molar-refractivity contribution in [3.8, 4) is 17.6 Å². The van der Waals surface area contributed by atoms with Gasteiger partial charge < -0.3 is 15.2 Å². The Morgan fingerprint density at radius 1 is 1.38 bits per heavy atom. The Hall–Kier alpha value is -2.78. The number of halogens is 1. The standard InChI is InChI=1S/C18H15BrN2O3/c1-11-4-3-5-14(6-11)21-18(23)13(10-20)7-12-8-15(19)17(22)16(9-12)24-2/h3-9,22H,1-2H3,(H,21,23)/b13-7-. The normalized spacial score (nSPS) is 10.8. The second kappa shape index (κ2) is 7.66. The molecule has 0 radical (unpaired) electrons. The van der Waals surface area contributed by atoms with Crippen molar-refractivity contribution in [1.82, 2.24) is 0 Å². The van der Waals surface area contributed by atoms with Gasteiger partial charge in [-0.3, -0.25) is 4.79 Å². The molecule has 0 saturated heterocycles. The molecule has 2 aromatic rings. The highest BCUT2D eigenvalue weighted by Gasteiger charge is 2.12. The summed E-state index contributed by atoms with van der Waals surface area (Å²) in [4.78, 5) is 12.3. The fourth-order valence-corrected chi connectivity index (χ4v) is 2.53. The van der Waals surface area contributed by atoms with Crippen LogP contribution in [0.4, 0.5) is 5.69 Å². The first-order valence-electron chi connectivity index (χ1n) is 7.01. The highest BCUT2D eigenvalue weighted by atomic mass is 79.9. The zero-order chi connectivity index (χ0) is 17.7. The first kappa shape index (κ1) is 17.6. The lowest BCUT2D eigenvalue weighted by atomic mass is 10.1. The fourth-order valence-electron chi connectivity index (χ4n) is 2.07. The number of methoxy groups -OCH3 is 1. The minimum Gasteiger partial charge on any atom is -0.503 e. The third kappa shape index (κ3) is 4.15. The summed E-state index contributed by atoms with van der Waals surface area (Å²) in [6.45, 7) is 1.91. The molecule has 0 bridgehead atoms. The lowest BCUT2D eigenvalue weighted by Crippen LogP contribution is -2.13. The van der Waals surface area contributed by atoms with Crippen LogP contribution in [0.15, 0.2) is 46.4 Å². The van der Waals surface area contributed by atoms with Gasteiger partial charge in [-0.15, -0.1) is 0 Å². The van der Waals surface area contributed by atoms with Crippen molar-refractivity contribution in [2.24, 2.45) is 0 Å². The van der Waals surface area contributed by atoms with E-state index in [0.29, 0.717) is 15.7 Å². The molecule has 0 aliphatic carbocycles. The van der Waals surface area contributed by atoms with Crippen LogP contribution in [-0.2, 0) is 4.79 Å². The van der Waals surface area contributed by atoms with Crippen molar-refractivity contribution >= 4 is 33.6 Å². The van der Waals surface area contributed by atoms with E-state index < -0.39 is 5.91 Å². The summed E-state index contributed by atoms with van der Waals surface area (Å²) in [5, 5.41) is 21.8. The topological polar surface area (TPSA) is 82.3 Å². The second-order valence-electron chi connectivity index (χ2n) is 5.05. The van der Waals surface area contributed by atoms with E-state index in [4.69, 9.17) is 4.74 Å². The number of nitrogens with one attached hydrogen (secondary N) is 1. The molecule has 5 nitrogen and oxygen atoms in total. The summed E-state index contributed by atoms with van der Waals surface area (Å²) < 4.78 is 5.47. The van der Waals surface area contributed by atoms with E-state index in [0.717, 1.165) is 5.56 Å². The van der Waals surface area contributed by atoms with Crippen LogP contribution in [0.25, 0.3) is 6.08 Å². The summed E-state index contributed by atoms with van der Waals surface area (Å²) in [7, 11) is 1.42. The van der Waals surface area contributed by atoms with Gasteiger partial charge in [-0.05, 0) is 64.3 Å². The quantitative estimate of drug-likeness (QED) is 0.613. The van der Waals surface area contributed by atoms with Gasteiger partial charge in [-0.2, -0.15) is 5.26 Å². The molecule has 122 valence electrons. The first-order valence-corrected chi connectivity index (χ1v) is 7.80. The summed E-state index contributed by atoms with van der Waals surface area (Å²) in [6.07, 6.45) is 1.43. The number of hydrogen-bond acceptors (Lipinski definition) is 4. The number of carbonyl (C=O) groups is 1. The van der Waals surface area contributed by atoms with Crippen LogP contribution in [-0.4, -0.2) is 18.1 Å². The molecule has 0 aliphatic rings. The molecule has 2 rings (SSSR count). The molecule has 0 atom stereocenters. The third-order valence-electron chi connectivity index (χ3n) is 3.22. The average molecular weight is 387 g/mol. The van der Waals surface area contributed by atoms with Crippen molar-refractivity contribution in [1.29, 1.82) is 5.26 Å². The zero-order valence-electron chi connectivity index (χ0n) is 13.1. The number of hydrogen-bond donors (Lipinski definition) is 2. The van der Waals surface area contributed by atoms with Crippen LogP contribution in [0.1, 0.15) is 11.1 Å². The number of carbonyl (C=O) groups excluding carboxylic acids is 1. The van der Waals surface area contributed by atoms with Crippen LogP contribution >= 0.6 is 15.9 Å². The highest BCUT2D eigenvalue weighted by Crippen LogP contribution is 2.35. The molecular formula is C18H15BrN2O3. The van der Waals surface area contributed by atoms with Crippen molar-refractivity contribution in [3.05, 3.63) is 57.6 Å². The number of amides is 1. The maximum absolute atomic E-state index is 12.3. The van der Waals surface area contributed by atoms with Crippen LogP contribution in [0, 0.1) is 18.3 Å². The smallest absolute Gasteiger partial charge is 0.266 e. The molecule has 0 heterocycles. The van der Waals surface area contributed by atoms with E-state index in [1.165, 1.54) is 19.3 Å². The molecule has 2 aromatic carbocycles. The minimum atomic E-state index is -0.508. The molecule has 6 heteroatoms. The van der Waals surface area contributed by atoms with Gasteiger partial charge in [0.15, 0.2) is 11.5 Å². The summed E-state index contributed by atoms with van der Waals surface area (Å²) in [6, 6.07) is 12.3. The number of nitrogens with zero attached hydrogens (tertiary/aromatic N) is 1. The minimum absolute atomic E-state index is 0.0441. The van der Waals surface area contributed by atoms with Crippen LogP contribution in [0.5, 0.6) is 11.5 Å². The van der Waals surface area contributed by atoms with Gasteiger partial charge in [0.05, 0.1) is 11.6 Å². The number of ether oxygens (including phenoxy) is 1. The summed E-state index contributed by atoms with van der Waals surface area (Å²) >= 11 is 3.21. The van der Waals surface area contributed by atoms with Crippen molar-refractivity contribution in [3.63, 3.8) is 0 Å². The molecule has 2 N–H and O–H groups in total. The predicted molar refractivity (Wildman–Crippen MR) is 95.8 cm³/mol. The highest BCUT2D eigenvalue weighted by molar-refractivity contribution is 9.10. The maximum Gasteiger partial charge on any atom is 0.266 e. The molecule has 0 saturated carbocycles. The molecule has 0 fully saturated rings. The van der Waals surface area contributed by atoms with Gasteiger partial charge >= 0.3 is 0 Å². The van der Waals surface area contributed by atoms with Gasteiger partial charge in [-0.1, -0.05) is 12.1 Å². The molecule has 24 heavy (non-hydrogen) atoms. The molecule has 0 aromatic heterocycles. The average Bonchev–Trinajstić information content (AvgIpc) is 2.55. The summed E-state index contributed by atoms with van der Waals surface area (Å²) in [5.74, 6) is -0.310. The van der Waals surface area contributed by atoms with E-state index in [9.17, 15) is 15.2 Å². The van der Waals surface area contributed by atoms with E-state index in [1.54, 1.807) is 12.1 Å². The van der Waals surface area contributed by atoms with E-state index in [2.05, 4.69) is 21.2 Å². The van der Waals surface area contributed by atoms with E-state index in [1.807, 2.05) is 31.2 Å². The van der Waals surface area contributed by atoms with Crippen molar-refractivity contribution < 1.29 is 14.6 Å². The number of benzene rings is 2. The van der Waals surface area contributed by atoms with Gasteiger partial charge in [0.25, 0.3) is 5.91 Å². The Kier molecular flexibility index (Phi) is 5.61. The third-order valence-corrected chi connectivity index (χ3v) is 3.83. The Labute approximate surface area is 148 Å². The van der Waals surface area contributed by atoms with Crippen molar-refractivity contribution in [2.75, 3.05) is 12.4 Å². The number of anilines is 1. The largest absolute Gasteiger partial charge is 0.503 e. The van der Waals surface area contributed by atoms with Crippen LogP contribution in [0.2, 0.25) is 0 Å². The van der Waals surface area contributed by atoms with E-state index >= 15 is 0 Å². The van der Waals surface area contributed by atoms with Crippen LogP contribution in [0.3, 0.4) is 0 Å². The van der Waals surface area contributed by atoms with Gasteiger partial charge in [0.1, 0.15) is 11.6 Å². The van der Waals surface area contributed by atoms with Crippen LogP contribution < -0.4 is 10.1 Å². The molecule has 0 aliphatic heterocycles. The SMILES string of the molecule is COc1cc(/C=C(/C#N)C(=O)Nc2cccc(C)c2)cc(Br)c1O. The molecule has 0 unspecified atom stereocenters. The van der Waals surface area contributed by atoms with Gasteiger partial charge in [-0.25, -0.2) is 0 Å². The molecular weight excluding hydrogens is 372 g/mol.